The van der Waals surface area contributed by atoms with E-state index in [9.17, 15) is 14.0 Å². The quantitative estimate of drug-likeness (QED) is 0.129. The molecule has 0 unspecified atom stereocenters. The third-order valence-electron chi connectivity index (χ3n) is 6.97. The number of amides is 1. The maximum Gasteiger partial charge on any atom is 0.311 e. The number of aryl methyl sites for hydroxylation is 1. The Bertz CT molecular complexity index is 1320. The molecule has 0 saturated carbocycles. The Morgan fingerprint density at radius 2 is 1.40 bits per heavy atom. The van der Waals surface area contributed by atoms with Crippen LogP contribution < -0.4 is 4.74 Å². The highest BCUT2D eigenvalue weighted by atomic mass is 19.1. The normalized spacial score (nSPS) is 10.9. The maximum atomic E-state index is 14.2. The molecule has 0 heterocycles. The van der Waals surface area contributed by atoms with Crippen molar-refractivity contribution in [3.63, 3.8) is 0 Å². The van der Waals surface area contributed by atoms with Crippen LogP contribution in [0.1, 0.15) is 65.6 Å². The van der Waals surface area contributed by atoms with E-state index < -0.39 is 11.8 Å². The molecule has 5 heteroatoms. The summed E-state index contributed by atoms with van der Waals surface area (Å²) in [5.74, 6) is -0.882. The van der Waals surface area contributed by atoms with Crippen LogP contribution >= 0.6 is 0 Å². The summed E-state index contributed by atoms with van der Waals surface area (Å²) in [7, 11) is 0. The molecule has 0 atom stereocenters. The van der Waals surface area contributed by atoms with Gasteiger partial charge in [-0.2, -0.15) is 0 Å². The monoisotopic (exact) mass is 537 g/mol. The molecule has 0 aliphatic carbocycles. The molecule has 4 aromatic rings. The van der Waals surface area contributed by atoms with Gasteiger partial charge >= 0.3 is 5.97 Å². The van der Waals surface area contributed by atoms with Crippen LogP contribution in [0.4, 0.5) is 4.39 Å². The first-order valence-electron chi connectivity index (χ1n) is 14.0. The Labute approximate surface area is 236 Å². The van der Waals surface area contributed by atoms with Gasteiger partial charge in [-0.15, -0.1) is 0 Å². The second kappa shape index (κ2) is 14.8. The number of nitrogens with zero attached hydrogens (tertiary/aromatic N) is 1. The number of rotatable bonds is 13. The summed E-state index contributed by atoms with van der Waals surface area (Å²) in [6.45, 7) is 3.01. The molecule has 0 fully saturated rings. The molecule has 0 aliphatic heterocycles. The van der Waals surface area contributed by atoms with Gasteiger partial charge in [-0.1, -0.05) is 91.9 Å². The Morgan fingerprint density at radius 3 is 2.00 bits per heavy atom. The number of carbonyl (C=O) groups excluding carboxylic acids is 2. The lowest BCUT2D eigenvalue weighted by molar-refractivity contribution is -0.134. The Morgan fingerprint density at radius 1 is 0.800 bits per heavy atom. The molecule has 0 aromatic heterocycles. The van der Waals surface area contributed by atoms with Gasteiger partial charge in [0, 0.05) is 31.0 Å². The van der Waals surface area contributed by atoms with Gasteiger partial charge in [0.15, 0.2) is 11.6 Å². The molecule has 0 aliphatic rings. The van der Waals surface area contributed by atoms with Crippen molar-refractivity contribution in [3.8, 4) is 5.75 Å². The molecule has 0 spiro atoms. The van der Waals surface area contributed by atoms with Crippen LogP contribution in [0.15, 0.2) is 109 Å². The van der Waals surface area contributed by atoms with Crippen molar-refractivity contribution < 1.29 is 18.7 Å². The smallest absolute Gasteiger partial charge is 0.311 e. The van der Waals surface area contributed by atoms with Crippen molar-refractivity contribution in [2.45, 2.75) is 44.9 Å². The van der Waals surface area contributed by atoms with E-state index in [1.165, 1.54) is 17.2 Å². The van der Waals surface area contributed by atoms with Gasteiger partial charge in [-0.3, -0.25) is 9.59 Å². The molecule has 0 bridgehead atoms. The van der Waals surface area contributed by atoms with Gasteiger partial charge < -0.3 is 9.64 Å². The fourth-order valence-electron chi connectivity index (χ4n) is 4.89. The predicted octanol–water partition coefficient (Wildman–Crippen LogP) is 7.83. The fraction of sp³-hybridized carbons (Fsp3) is 0.257. The van der Waals surface area contributed by atoms with E-state index in [1.807, 2.05) is 54.3 Å². The zero-order chi connectivity index (χ0) is 28.2. The highest BCUT2D eigenvalue weighted by molar-refractivity contribution is 5.94. The zero-order valence-electron chi connectivity index (χ0n) is 23.0. The van der Waals surface area contributed by atoms with Crippen LogP contribution in [-0.4, -0.2) is 29.9 Å². The minimum atomic E-state index is -0.554. The van der Waals surface area contributed by atoms with Crippen molar-refractivity contribution in [1.82, 2.24) is 4.90 Å². The van der Waals surface area contributed by atoms with Crippen molar-refractivity contribution in [3.05, 3.63) is 137 Å². The molecule has 0 radical (unpaired) electrons. The molecular formula is C35H36FNO3. The SMILES string of the molecule is CCCC(=O)Oc1cc(CCCN(CCC(c2ccccc2)c2ccccc2)C(=O)c2ccccc2)ccc1F. The standard InChI is InChI=1S/C35H36FNO3/c1-2-13-34(38)40-33-26-27(21-22-32(33)36)14-12-24-37(35(39)30-19-10-5-11-20-30)25-23-31(28-15-6-3-7-16-28)29-17-8-4-9-18-29/h3-11,15-22,26,31H,2,12-14,23-25H2,1H3. The largest absolute Gasteiger partial charge is 0.423 e. The summed E-state index contributed by atoms with van der Waals surface area (Å²) in [5.41, 5.74) is 3.96. The average Bonchev–Trinajstić information content (AvgIpc) is 2.99. The summed E-state index contributed by atoms with van der Waals surface area (Å²) in [5, 5.41) is 0. The van der Waals surface area contributed by atoms with E-state index in [2.05, 4.69) is 48.5 Å². The van der Waals surface area contributed by atoms with Crippen molar-refractivity contribution in [1.29, 1.82) is 0 Å². The third kappa shape index (κ3) is 8.12. The van der Waals surface area contributed by atoms with Crippen LogP contribution in [0, 0.1) is 5.82 Å². The highest BCUT2D eigenvalue weighted by Gasteiger charge is 2.20. The second-order valence-electron chi connectivity index (χ2n) is 9.91. The van der Waals surface area contributed by atoms with E-state index in [0.29, 0.717) is 37.9 Å². The van der Waals surface area contributed by atoms with Gasteiger partial charge in [-0.05, 0) is 66.6 Å². The minimum absolute atomic E-state index is 0.00577. The van der Waals surface area contributed by atoms with Gasteiger partial charge in [0.2, 0.25) is 0 Å². The summed E-state index contributed by atoms with van der Waals surface area (Å²) in [6.07, 6.45) is 2.97. The molecule has 40 heavy (non-hydrogen) atoms. The van der Waals surface area contributed by atoms with Crippen LogP contribution in [0.2, 0.25) is 0 Å². The summed E-state index contributed by atoms with van der Waals surface area (Å²) >= 11 is 0. The van der Waals surface area contributed by atoms with E-state index in [4.69, 9.17) is 4.74 Å². The topological polar surface area (TPSA) is 46.6 Å². The van der Waals surface area contributed by atoms with Crippen LogP contribution in [-0.2, 0) is 11.2 Å². The number of hydrogen-bond acceptors (Lipinski definition) is 3. The van der Waals surface area contributed by atoms with Crippen LogP contribution in [0.25, 0.3) is 0 Å². The third-order valence-corrected chi connectivity index (χ3v) is 6.97. The minimum Gasteiger partial charge on any atom is -0.423 e. The Hall–Kier alpha value is -4.25. The molecular weight excluding hydrogens is 501 g/mol. The number of halogens is 1. The molecule has 0 N–H and O–H groups in total. The molecule has 4 aromatic carbocycles. The zero-order valence-corrected chi connectivity index (χ0v) is 23.0. The Balaban J connectivity index is 1.48. The van der Waals surface area contributed by atoms with Crippen LogP contribution in [0.3, 0.4) is 0 Å². The van der Waals surface area contributed by atoms with E-state index >= 15 is 0 Å². The van der Waals surface area contributed by atoms with Crippen molar-refractivity contribution in [2.24, 2.45) is 0 Å². The molecule has 206 valence electrons. The van der Waals surface area contributed by atoms with Gasteiger partial charge in [0.1, 0.15) is 0 Å². The number of hydrogen-bond donors (Lipinski definition) is 0. The van der Waals surface area contributed by atoms with Crippen LogP contribution in [0.5, 0.6) is 5.75 Å². The molecule has 1 amide bonds. The number of carbonyl (C=O) groups is 2. The number of esters is 1. The van der Waals surface area contributed by atoms with E-state index in [0.717, 1.165) is 12.0 Å². The first-order chi connectivity index (χ1) is 19.5. The molecule has 0 saturated heterocycles. The first-order valence-corrected chi connectivity index (χ1v) is 14.0. The molecule has 4 rings (SSSR count). The summed E-state index contributed by atoms with van der Waals surface area (Å²) in [4.78, 5) is 27.4. The highest BCUT2D eigenvalue weighted by Crippen LogP contribution is 2.28. The average molecular weight is 538 g/mol. The summed E-state index contributed by atoms with van der Waals surface area (Å²) < 4.78 is 19.5. The van der Waals surface area contributed by atoms with Gasteiger partial charge in [0.05, 0.1) is 0 Å². The predicted molar refractivity (Wildman–Crippen MR) is 157 cm³/mol. The first kappa shape index (κ1) is 28.8. The lowest BCUT2D eigenvalue weighted by Gasteiger charge is -2.26. The van der Waals surface area contributed by atoms with Crippen molar-refractivity contribution >= 4 is 11.9 Å². The lowest BCUT2D eigenvalue weighted by atomic mass is 9.88. The van der Waals surface area contributed by atoms with Gasteiger partial charge in [-0.25, -0.2) is 4.39 Å². The van der Waals surface area contributed by atoms with Gasteiger partial charge in [0.25, 0.3) is 5.91 Å². The van der Waals surface area contributed by atoms with E-state index in [-0.39, 0.29) is 24.0 Å². The van der Waals surface area contributed by atoms with E-state index in [1.54, 1.807) is 12.1 Å². The Kier molecular flexibility index (Phi) is 10.6. The molecule has 4 nitrogen and oxygen atoms in total. The lowest BCUT2D eigenvalue weighted by Crippen LogP contribution is -2.34. The number of ether oxygens (including phenoxy) is 1. The summed E-state index contributed by atoms with van der Waals surface area (Å²) in [6, 6.07) is 34.8. The fourth-order valence-corrected chi connectivity index (χ4v) is 4.89. The maximum absolute atomic E-state index is 14.2. The second-order valence-corrected chi connectivity index (χ2v) is 9.91. The number of benzene rings is 4. The van der Waals surface area contributed by atoms with Crippen molar-refractivity contribution in [2.75, 3.05) is 13.1 Å².